The Morgan fingerprint density at radius 2 is 1.39 bits per heavy atom. The molecule has 0 fully saturated rings. The van der Waals surface area contributed by atoms with E-state index in [2.05, 4.69) is 0 Å². The van der Waals surface area contributed by atoms with Crippen LogP contribution < -0.4 is 4.74 Å². The summed E-state index contributed by atoms with van der Waals surface area (Å²) in [7, 11) is 0. The third-order valence-corrected chi connectivity index (χ3v) is 1.82. The van der Waals surface area contributed by atoms with Crippen molar-refractivity contribution in [3.05, 3.63) is 54.6 Å². The first-order chi connectivity index (χ1) is 8.58. The highest BCUT2D eigenvalue weighted by Crippen LogP contribution is 2.22. The van der Waals surface area contributed by atoms with Gasteiger partial charge in [-0.25, -0.2) is 0 Å². The second-order valence-corrected chi connectivity index (χ2v) is 3.43. The molecular weight excluding hydrogens is 232 g/mol. The van der Waals surface area contributed by atoms with E-state index in [-0.39, 0.29) is 5.75 Å². The van der Waals surface area contributed by atoms with Crippen LogP contribution in [0.25, 0.3) is 0 Å². The molecule has 2 aromatic rings. The highest BCUT2D eigenvalue weighted by atomic mass is 16.5. The number of carboxylic acids is 1. The van der Waals surface area contributed by atoms with E-state index in [0.717, 1.165) is 12.7 Å². The van der Waals surface area contributed by atoms with Crippen LogP contribution in [-0.2, 0) is 4.79 Å². The summed E-state index contributed by atoms with van der Waals surface area (Å²) in [4.78, 5) is 9.00. The van der Waals surface area contributed by atoms with Crippen LogP contribution in [0.3, 0.4) is 0 Å². The maximum Gasteiger partial charge on any atom is 0.300 e. The SMILES string of the molecule is CC(=O)O.Oc1ccc(Oc2ccccc2)cc1. The molecule has 0 spiro atoms. The normalized spacial score (nSPS) is 8.94. The summed E-state index contributed by atoms with van der Waals surface area (Å²) in [5.41, 5.74) is 0. The molecule has 0 atom stereocenters. The number of hydrogen-bond donors (Lipinski definition) is 2. The molecule has 2 rings (SSSR count). The molecule has 94 valence electrons. The minimum Gasteiger partial charge on any atom is -0.508 e. The van der Waals surface area contributed by atoms with Crippen LogP contribution in [0.1, 0.15) is 6.92 Å². The van der Waals surface area contributed by atoms with Crippen molar-refractivity contribution in [3.8, 4) is 17.2 Å². The average molecular weight is 246 g/mol. The largest absolute Gasteiger partial charge is 0.508 e. The second kappa shape index (κ2) is 6.96. The van der Waals surface area contributed by atoms with E-state index >= 15 is 0 Å². The van der Waals surface area contributed by atoms with Crippen molar-refractivity contribution in [3.63, 3.8) is 0 Å². The Morgan fingerprint density at radius 3 is 1.89 bits per heavy atom. The van der Waals surface area contributed by atoms with Crippen LogP contribution >= 0.6 is 0 Å². The number of carboxylic acid groups (broad SMARTS) is 1. The second-order valence-electron chi connectivity index (χ2n) is 3.43. The summed E-state index contributed by atoms with van der Waals surface area (Å²) >= 11 is 0. The standard InChI is InChI=1S/C12H10O2.C2H4O2/c13-10-6-8-12(9-7-10)14-11-4-2-1-3-5-11;1-2(3)4/h1-9,13H;1H3,(H,3,4). The molecule has 0 heterocycles. The van der Waals surface area contributed by atoms with Crippen LogP contribution in [0, 0.1) is 0 Å². The Kier molecular flexibility index (Phi) is 5.25. The van der Waals surface area contributed by atoms with Crippen LogP contribution in [0.4, 0.5) is 0 Å². The van der Waals surface area contributed by atoms with E-state index in [1.807, 2.05) is 30.3 Å². The summed E-state index contributed by atoms with van der Waals surface area (Å²) in [5, 5.41) is 16.5. The number of hydrogen-bond acceptors (Lipinski definition) is 3. The van der Waals surface area contributed by atoms with Gasteiger partial charge < -0.3 is 14.9 Å². The first-order valence-electron chi connectivity index (χ1n) is 5.29. The Morgan fingerprint density at radius 1 is 0.944 bits per heavy atom. The molecule has 0 aliphatic heterocycles. The van der Waals surface area contributed by atoms with Crippen molar-refractivity contribution >= 4 is 5.97 Å². The van der Waals surface area contributed by atoms with E-state index in [9.17, 15) is 0 Å². The van der Waals surface area contributed by atoms with Gasteiger partial charge in [-0.15, -0.1) is 0 Å². The lowest BCUT2D eigenvalue weighted by atomic mass is 10.3. The average Bonchev–Trinajstić information content (AvgIpc) is 2.33. The van der Waals surface area contributed by atoms with E-state index in [0.29, 0.717) is 5.75 Å². The Labute approximate surface area is 105 Å². The number of rotatable bonds is 2. The van der Waals surface area contributed by atoms with Crippen molar-refractivity contribution in [2.45, 2.75) is 6.92 Å². The topological polar surface area (TPSA) is 66.8 Å². The molecule has 0 saturated heterocycles. The number of phenolic OH excluding ortho intramolecular Hbond substituents is 1. The molecule has 0 aromatic heterocycles. The minimum absolute atomic E-state index is 0.241. The Balaban J connectivity index is 0.000000357. The molecule has 0 saturated carbocycles. The van der Waals surface area contributed by atoms with Gasteiger partial charge in [0.15, 0.2) is 0 Å². The van der Waals surface area contributed by atoms with Gasteiger partial charge in [-0.05, 0) is 36.4 Å². The van der Waals surface area contributed by atoms with Gasteiger partial charge >= 0.3 is 0 Å². The zero-order valence-corrected chi connectivity index (χ0v) is 9.91. The monoisotopic (exact) mass is 246 g/mol. The maximum absolute atomic E-state index is 9.07. The number of aliphatic carboxylic acids is 1. The van der Waals surface area contributed by atoms with Crippen LogP contribution in [0.15, 0.2) is 54.6 Å². The zero-order valence-electron chi connectivity index (χ0n) is 9.91. The summed E-state index contributed by atoms with van der Waals surface area (Å²) in [6, 6.07) is 16.2. The highest BCUT2D eigenvalue weighted by molar-refractivity contribution is 5.62. The van der Waals surface area contributed by atoms with E-state index in [1.165, 1.54) is 0 Å². The predicted molar refractivity (Wildman–Crippen MR) is 67.9 cm³/mol. The molecule has 2 aromatic carbocycles. The molecule has 0 bridgehead atoms. The van der Waals surface area contributed by atoms with E-state index in [1.54, 1.807) is 24.3 Å². The van der Waals surface area contributed by atoms with Gasteiger partial charge in [0, 0.05) is 6.92 Å². The number of carbonyl (C=O) groups is 1. The lowest BCUT2D eigenvalue weighted by Crippen LogP contribution is -1.81. The van der Waals surface area contributed by atoms with Gasteiger partial charge in [0.2, 0.25) is 0 Å². The van der Waals surface area contributed by atoms with Crippen molar-refractivity contribution in [1.82, 2.24) is 0 Å². The fourth-order valence-electron chi connectivity index (χ4n) is 1.14. The summed E-state index contributed by atoms with van der Waals surface area (Å²) < 4.78 is 5.52. The van der Waals surface area contributed by atoms with Gasteiger partial charge in [-0.3, -0.25) is 4.79 Å². The third-order valence-electron chi connectivity index (χ3n) is 1.82. The third kappa shape index (κ3) is 5.55. The number of aromatic hydroxyl groups is 1. The first-order valence-corrected chi connectivity index (χ1v) is 5.29. The molecule has 4 heteroatoms. The first kappa shape index (κ1) is 13.6. The van der Waals surface area contributed by atoms with Crippen LogP contribution in [0.2, 0.25) is 0 Å². The van der Waals surface area contributed by atoms with Gasteiger partial charge in [-0.1, -0.05) is 18.2 Å². The quantitative estimate of drug-likeness (QED) is 0.853. The summed E-state index contributed by atoms with van der Waals surface area (Å²) in [6.45, 7) is 1.08. The maximum atomic E-state index is 9.07. The molecule has 0 aliphatic carbocycles. The fraction of sp³-hybridized carbons (Fsp3) is 0.0714. The van der Waals surface area contributed by atoms with E-state index in [4.69, 9.17) is 19.7 Å². The van der Waals surface area contributed by atoms with Crippen molar-refractivity contribution in [2.24, 2.45) is 0 Å². The smallest absolute Gasteiger partial charge is 0.300 e. The molecule has 4 nitrogen and oxygen atoms in total. The zero-order chi connectivity index (χ0) is 13.4. The molecule has 18 heavy (non-hydrogen) atoms. The van der Waals surface area contributed by atoms with Gasteiger partial charge in [-0.2, -0.15) is 0 Å². The predicted octanol–water partition coefficient (Wildman–Crippen LogP) is 3.28. The minimum atomic E-state index is -0.833. The van der Waals surface area contributed by atoms with Crippen LogP contribution in [-0.4, -0.2) is 16.2 Å². The molecule has 0 aliphatic rings. The summed E-state index contributed by atoms with van der Waals surface area (Å²) in [6.07, 6.45) is 0. The van der Waals surface area contributed by atoms with Crippen molar-refractivity contribution < 1.29 is 19.7 Å². The molecule has 2 N–H and O–H groups in total. The lowest BCUT2D eigenvalue weighted by molar-refractivity contribution is -0.134. The van der Waals surface area contributed by atoms with Crippen molar-refractivity contribution in [1.29, 1.82) is 0 Å². The summed E-state index contributed by atoms with van der Waals surface area (Å²) in [5.74, 6) is 0.914. The fourth-order valence-corrected chi connectivity index (χ4v) is 1.14. The number of para-hydroxylation sites is 1. The Bertz CT molecular complexity index is 473. The molecular formula is C14H14O4. The number of ether oxygens (including phenoxy) is 1. The van der Waals surface area contributed by atoms with Gasteiger partial charge in [0.1, 0.15) is 17.2 Å². The lowest BCUT2D eigenvalue weighted by Gasteiger charge is -2.04. The van der Waals surface area contributed by atoms with Crippen molar-refractivity contribution in [2.75, 3.05) is 0 Å². The van der Waals surface area contributed by atoms with Gasteiger partial charge in [0.25, 0.3) is 5.97 Å². The number of phenols is 1. The molecule has 0 radical (unpaired) electrons. The van der Waals surface area contributed by atoms with E-state index < -0.39 is 5.97 Å². The van der Waals surface area contributed by atoms with Gasteiger partial charge in [0.05, 0.1) is 0 Å². The molecule has 0 amide bonds. The molecule has 0 unspecified atom stereocenters. The number of benzene rings is 2. The van der Waals surface area contributed by atoms with Crippen LogP contribution in [0.5, 0.6) is 17.2 Å². The Hall–Kier alpha value is -2.49. The highest BCUT2D eigenvalue weighted by Gasteiger charge is 1.95.